The Balaban J connectivity index is 1.62. The van der Waals surface area contributed by atoms with Gasteiger partial charge in [-0.1, -0.05) is 6.07 Å². The minimum absolute atomic E-state index is 0.111. The normalized spacial score (nSPS) is 14.9. The Labute approximate surface area is 169 Å². The molecular weight excluding hydrogens is 423 g/mol. The zero-order chi connectivity index (χ0) is 21.2. The van der Waals surface area contributed by atoms with Crippen molar-refractivity contribution in [2.24, 2.45) is 0 Å². The lowest BCUT2D eigenvalue weighted by Crippen LogP contribution is -2.36. The summed E-state index contributed by atoms with van der Waals surface area (Å²) in [5, 5.41) is 0. The molecule has 1 atom stereocenters. The van der Waals surface area contributed by atoms with Gasteiger partial charge in [0.2, 0.25) is 26.8 Å². The van der Waals surface area contributed by atoms with Crippen LogP contribution >= 0.6 is 0 Å². The van der Waals surface area contributed by atoms with Crippen LogP contribution in [0.1, 0.15) is 18.5 Å². The maximum Gasteiger partial charge on any atom is 0.242 e. The average molecular weight is 445 g/mol. The molecule has 0 spiro atoms. The minimum Gasteiger partial charge on any atom is -0.454 e. The zero-order valence-electron chi connectivity index (χ0n) is 15.8. The molecule has 0 aromatic heterocycles. The van der Waals surface area contributed by atoms with Crippen LogP contribution in [0.4, 0.5) is 4.39 Å². The highest BCUT2D eigenvalue weighted by atomic mass is 32.2. The predicted octanol–water partition coefficient (Wildman–Crippen LogP) is 1.86. The largest absolute Gasteiger partial charge is 0.454 e. The lowest BCUT2D eigenvalue weighted by molar-refractivity contribution is 0.174. The monoisotopic (exact) mass is 444 g/mol. The number of fused-ring (bicyclic) bond motifs is 1. The second-order valence-corrected chi connectivity index (χ2v) is 10.5. The van der Waals surface area contributed by atoms with Gasteiger partial charge in [0, 0.05) is 19.6 Å². The third kappa shape index (κ3) is 5.04. The van der Waals surface area contributed by atoms with Gasteiger partial charge in [0.1, 0.15) is 5.82 Å². The summed E-state index contributed by atoms with van der Waals surface area (Å²) in [6.07, 6.45) is 0. The van der Waals surface area contributed by atoms with Crippen LogP contribution in [0.15, 0.2) is 47.4 Å². The van der Waals surface area contributed by atoms with Crippen LogP contribution < -0.4 is 14.2 Å². The summed E-state index contributed by atoms with van der Waals surface area (Å²) in [5.41, 5.74) is 0.685. The molecule has 2 aromatic carbocycles. The number of hydrogen-bond donors (Lipinski definition) is 1. The summed E-state index contributed by atoms with van der Waals surface area (Å²) in [6.45, 7) is 1.53. The Bertz CT molecular complexity index is 1090. The molecule has 0 fully saturated rings. The van der Waals surface area contributed by atoms with E-state index in [0.717, 1.165) is 28.6 Å². The number of rotatable bonds is 8. The lowest BCUT2D eigenvalue weighted by Gasteiger charge is -2.19. The van der Waals surface area contributed by atoms with Crippen LogP contribution in [-0.4, -0.2) is 47.3 Å². The van der Waals surface area contributed by atoms with Gasteiger partial charge >= 0.3 is 0 Å². The molecule has 0 unspecified atom stereocenters. The van der Waals surface area contributed by atoms with Crippen LogP contribution in [0.3, 0.4) is 0 Å². The van der Waals surface area contributed by atoms with E-state index < -0.39 is 37.7 Å². The Morgan fingerprint density at radius 3 is 2.41 bits per heavy atom. The molecular formula is C18H21FN2O6S2. The molecule has 0 saturated carbocycles. The van der Waals surface area contributed by atoms with Crippen molar-refractivity contribution in [3.63, 3.8) is 0 Å². The molecule has 0 radical (unpaired) electrons. The first-order chi connectivity index (χ1) is 13.6. The second-order valence-electron chi connectivity index (χ2n) is 6.55. The van der Waals surface area contributed by atoms with Crippen LogP contribution in [0.5, 0.6) is 11.5 Å². The molecule has 158 valence electrons. The highest BCUT2D eigenvalue weighted by Gasteiger charge is 2.24. The van der Waals surface area contributed by atoms with Crippen molar-refractivity contribution in [2.75, 3.05) is 26.1 Å². The van der Waals surface area contributed by atoms with E-state index in [9.17, 15) is 21.2 Å². The SMILES string of the molecule is C[C@@H](NS(=O)(=O)CCN(C)S(=O)(=O)c1ccc(F)cc1)c1ccc2c(c1)OCO2. The van der Waals surface area contributed by atoms with Gasteiger partial charge in [-0.2, -0.15) is 4.31 Å². The zero-order valence-corrected chi connectivity index (χ0v) is 17.5. The number of halogens is 1. The van der Waals surface area contributed by atoms with E-state index in [1.807, 2.05) is 0 Å². The first-order valence-corrected chi connectivity index (χ1v) is 11.8. The molecule has 2 aromatic rings. The molecule has 0 aliphatic carbocycles. The van der Waals surface area contributed by atoms with Gasteiger partial charge < -0.3 is 9.47 Å². The van der Waals surface area contributed by atoms with Crippen molar-refractivity contribution in [1.82, 2.24) is 9.03 Å². The number of sulfonamides is 2. The topological polar surface area (TPSA) is 102 Å². The fourth-order valence-corrected chi connectivity index (χ4v) is 5.33. The maximum absolute atomic E-state index is 13.0. The molecule has 1 aliphatic rings. The van der Waals surface area contributed by atoms with Gasteiger partial charge in [0.05, 0.1) is 10.6 Å². The predicted molar refractivity (Wildman–Crippen MR) is 104 cm³/mol. The average Bonchev–Trinajstić information content (AvgIpc) is 3.14. The maximum atomic E-state index is 13.0. The first kappa shape index (κ1) is 21.5. The van der Waals surface area contributed by atoms with Gasteiger partial charge in [-0.15, -0.1) is 0 Å². The molecule has 1 N–H and O–H groups in total. The highest BCUT2D eigenvalue weighted by molar-refractivity contribution is 7.90. The van der Waals surface area contributed by atoms with E-state index in [0.29, 0.717) is 17.1 Å². The first-order valence-electron chi connectivity index (χ1n) is 8.70. The highest BCUT2D eigenvalue weighted by Crippen LogP contribution is 2.34. The van der Waals surface area contributed by atoms with E-state index in [4.69, 9.17) is 9.47 Å². The van der Waals surface area contributed by atoms with E-state index >= 15 is 0 Å². The fraction of sp³-hybridized carbons (Fsp3) is 0.333. The van der Waals surface area contributed by atoms with Gasteiger partial charge in [-0.25, -0.2) is 25.9 Å². The number of ether oxygens (including phenoxy) is 2. The van der Waals surface area contributed by atoms with E-state index in [2.05, 4.69) is 4.72 Å². The van der Waals surface area contributed by atoms with Crippen molar-refractivity contribution in [3.05, 3.63) is 53.8 Å². The van der Waals surface area contributed by atoms with Crippen molar-refractivity contribution in [2.45, 2.75) is 17.9 Å². The summed E-state index contributed by atoms with van der Waals surface area (Å²) in [6, 6.07) is 8.91. The molecule has 1 heterocycles. The van der Waals surface area contributed by atoms with E-state index in [-0.39, 0.29) is 18.2 Å². The molecule has 29 heavy (non-hydrogen) atoms. The number of nitrogens with zero attached hydrogens (tertiary/aromatic N) is 1. The van der Waals surface area contributed by atoms with Crippen LogP contribution in [0.25, 0.3) is 0 Å². The molecule has 1 aliphatic heterocycles. The molecule has 0 bridgehead atoms. The number of benzene rings is 2. The van der Waals surface area contributed by atoms with Gasteiger partial charge in [0.15, 0.2) is 11.5 Å². The molecule has 0 saturated heterocycles. The summed E-state index contributed by atoms with van der Waals surface area (Å²) in [7, 11) is -6.42. The molecule has 3 rings (SSSR count). The van der Waals surface area contributed by atoms with Gasteiger partial charge in [-0.3, -0.25) is 0 Å². The van der Waals surface area contributed by atoms with E-state index in [1.54, 1.807) is 25.1 Å². The molecule has 0 amide bonds. The second kappa shape index (κ2) is 8.27. The third-order valence-corrected chi connectivity index (χ3v) is 7.75. The Kier molecular flexibility index (Phi) is 6.13. The summed E-state index contributed by atoms with van der Waals surface area (Å²) in [4.78, 5) is -0.111. The Hall–Kier alpha value is -2.21. The van der Waals surface area contributed by atoms with Crippen LogP contribution in [0.2, 0.25) is 0 Å². The lowest BCUT2D eigenvalue weighted by atomic mass is 10.1. The van der Waals surface area contributed by atoms with Crippen molar-refractivity contribution in [1.29, 1.82) is 0 Å². The van der Waals surface area contributed by atoms with Crippen molar-refractivity contribution < 1.29 is 30.7 Å². The quantitative estimate of drug-likeness (QED) is 0.667. The van der Waals surface area contributed by atoms with Gasteiger partial charge in [-0.05, 0) is 48.9 Å². The van der Waals surface area contributed by atoms with Gasteiger partial charge in [0.25, 0.3) is 0 Å². The summed E-state index contributed by atoms with van der Waals surface area (Å²) < 4.78 is 76.8. The van der Waals surface area contributed by atoms with Crippen molar-refractivity contribution in [3.8, 4) is 11.5 Å². The summed E-state index contributed by atoms with van der Waals surface area (Å²) >= 11 is 0. The standard InChI is InChI=1S/C18H21FN2O6S2/c1-13(14-3-8-17-18(11-14)27-12-26-17)20-28(22,23)10-9-21(2)29(24,25)16-6-4-15(19)5-7-16/h3-8,11,13,20H,9-10,12H2,1-2H3/t13-/m1/s1. The van der Waals surface area contributed by atoms with E-state index in [1.165, 1.54) is 7.05 Å². The van der Waals surface area contributed by atoms with Crippen molar-refractivity contribution >= 4 is 20.0 Å². The van der Waals surface area contributed by atoms with Crippen LogP contribution in [0, 0.1) is 5.82 Å². The third-order valence-electron chi connectivity index (χ3n) is 4.45. The minimum atomic E-state index is -3.92. The fourth-order valence-electron chi connectivity index (χ4n) is 2.73. The molecule has 8 nitrogen and oxygen atoms in total. The smallest absolute Gasteiger partial charge is 0.242 e. The number of nitrogens with one attached hydrogen (secondary N) is 1. The molecule has 11 heteroatoms. The Morgan fingerprint density at radius 1 is 1.07 bits per heavy atom. The Morgan fingerprint density at radius 2 is 1.72 bits per heavy atom. The number of hydrogen-bond acceptors (Lipinski definition) is 6. The summed E-state index contributed by atoms with van der Waals surface area (Å²) in [5.74, 6) is 0.143. The van der Waals surface area contributed by atoms with Crippen LogP contribution in [-0.2, 0) is 20.0 Å².